The second-order valence-corrected chi connectivity index (χ2v) is 9.54. The molecule has 1 saturated heterocycles. The lowest BCUT2D eigenvalue weighted by atomic mass is 10.1. The van der Waals surface area contributed by atoms with Crippen LogP contribution in [0, 0.1) is 11.3 Å². The first-order chi connectivity index (χ1) is 17.0. The average molecular weight is 494 g/mol. The van der Waals surface area contributed by atoms with E-state index in [1.165, 1.54) is 0 Å². The van der Waals surface area contributed by atoms with Crippen molar-refractivity contribution in [1.29, 1.82) is 5.26 Å². The molecule has 2 amide bonds. The quantitative estimate of drug-likeness (QED) is 0.588. The summed E-state index contributed by atoms with van der Waals surface area (Å²) in [6.45, 7) is 7.98. The third-order valence-electron chi connectivity index (χ3n) is 5.40. The molecule has 0 bridgehead atoms. The smallest absolute Gasteiger partial charge is 0.410 e. The van der Waals surface area contributed by atoms with Crippen LogP contribution in [-0.4, -0.2) is 53.8 Å². The third kappa shape index (κ3) is 7.73. The number of nitrogens with one attached hydrogen (secondary N) is 1. The number of benzene rings is 2. The summed E-state index contributed by atoms with van der Waals surface area (Å²) in [5.74, 6) is -0.408. The molecule has 0 saturated carbocycles. The lowest BCUT2D eigenvalue weighted by Gasteiger charge is -2.33. The highest BCUT2D eigenvalue weighted by Crippen LogP contribution is 2.20. The van der Waals surface area contributed by atoms with Gasteiger partial charge in [-0.15, -0.1) is 0 Å². The van der Waals surface area contributed by atoms with E-state index in [1.807, 2.05) is 26.8 Å². The fourth-order valence-electron chi connectivity index (χ4n) is 3.53. The Kier molecular flexibility index (Phi) is 8.54. The Balaban J connectivity index is 1.46. The molecule has 9 nitrogen and oxygen atoms in total. The summed E-state index contributed by atoms with van der Waals surface area (Å²) in [6, 6.07) is 15.0. The molecule has 1 aliphatic rings. The van der Waals surface area contributed by atoms with E-state index in [2.05, 4.69) is 5.32 Å². The number of carbonyl (C=O) groups is 3. The van der Waals surface area contributed by atoms with Crippen molar-refractivity contribution in [3.8, 4) is 11.8 Å². The van der Waals surface area contributed by atoms with E-state index in [4.69, 9.17) is 19.5 Å². The fourth-order valence-corrected chi connectivity index (χ4v) is 3.53. The van der Waals surface area contributed by atoms with Gasteiger partial charge in [-0.1, -0.05) is 6.07 Å². The van der Waals surface area contributed by atoms with E-state index in [1.54, 1.807) is 60.4 Å². The highest BCUT2D eigenvalue weighted by Gasteiger charge is 2.28. The molecule has 1 unspecified atom stereocenters. The van der Waals surface area contributed by atoms with E-state index in [0.29, 0.717) is 48.5 Å². The zero-order valence-electron chi connectivity index (χ0n) is 20.9. The Morgan fingerprint density at radius 2 is 1.75 bits per heavy atom. The lowest BCUT2D eigenvalue weighted by Crippen LogP contribution is -2.43. The highest BCUT2D eigenvalue weighted by atomic mass is 16.6. The maximum Gasteiger partial charge on any atom is 0.410 e. The molecule has 1 aliphatic heterocycles. The molecule has 1 heterocycles. The van der Waals surface area contributed by atoms with Crippen molar-refractivity contribution in [1.82, 2.24) is 4.90 Å². The first-order valence-electron chi connectivity index (χ1n) is 11.8. The number of ether oxygens (including phenoxy) is 3. The first-order valence-corrected chi connectivity index (χ1v) is 11.8. The van der Waals surface area contributed by atoms with Crippen molar-refractivity contribution >= 4 is 23.7 Å². The molecule has 3 rings (SSSR count). The Bertz CT molecular complexity index is 1130. The van der Waals surface area contributed by atoms with Crippen LogP contribution in [0.1, 0.15) is 56.5 Å². The molecule has 9 heteroatoms. The summed E-state index contributed by atoms with van der Waals surface area (Å²) in [7, 11) is 0. The Morgan fingerprint density at radius 3 is 2.36 bits per heavy atom. The van der Waals surface area contributed by atoms with Crippen molar-refractivity contribution in [3.05, 3.63) is 59.7 Å². The van der Waals surface area contributed by atoms with Gasteiger partial charge in [-0.2, -0.15) is 5.26 Å². The largest absolute Gasteiger partial charge is 0.481 e. The molecule has 0 aromatic heterocycles. The van der Waals surface area contributed by atoms with Crippen molar-refractivity contribution in [3.63, 3.8) is 0 Å². The van der Waals surface area contributed by atoms with Gasteiger partial charge in [0.05, 0.1) is 17.2 Å². The number of carbonyl (C=O) groups excluding carboxylic acids is 3. The predicted octanol–water partition coefficient (Wildman–Crippen LogP) is 4.52. The van der Waals surface area contributed by atoms with Crippen LogP contribution in [0.2, 0.25) is 0 Å². The van der Waals surface area contributed by atoms with Crippen molar-refractivity contribution in [2.45, 2.75) is 58.3 Å². The average Bonchev–Trinajstić information content (AvgIpc) is 2.84. The normalized spacial score (nSPS) is 14.8. The zero-order chi connectivity index (χ0) is 26.3. The molecule has 190 valence electrons. The van der Waals surface area contributed by atoms with Crippen LogP contribution >= 0.6 is 0 Å². The molecular weight excluding hydrogens is 462 g/mol. The maximum absolute atomic E-state index is 12.6. The summed E-state index contributed by atoms with van der Waals surface area (Å²) < 4.78 is 16.6. The number of nitrogens with zero attached hydrogens (tertiary/aromatic N) is 2. The Hall–Kier alpha value is -4.06. The number of nitriles is 1. The first kappa shape index (κ1) is 26.5. The van der Waals surface area contributed by atoms with Gasteiger partial charge in [0, 0.05) is 31.6 Å². The van der Waals surface area contributed by atoms with Crippen LogP contribution in [0.15, 0.2) is 48.5 Å². The summed E-state index contributed by atoms with van der Waals surface area (Å²) >= 11 is 0. The van der Waals surface area contributed by atoms with Gasteiger partial charge in [-0.05, 0) is 70.2 Å². The number of amides is 2. The lowest BCUT2D eigenvalue weighted by molar-refractivity contribution is -0.122. The Labute approximate surface area is 210 Å². The minimum atomic E-state index is -0.796. The van der Waals surface area contributed by atoms with Gasteiger partial charge < -0.3 is 24.4 Å². The van der Waals surface area contributed by atoms with Gasteiger partial charge in [-0.3, -0.25) is 4.79 Å². The van der Waals surface area contributed by atoms with Crippen molar-refractivity contribution in [2.24, 2.45) is 0 Å². The minimum absolute atomic E-state index is 0.284. The topological polar surface area (TPSA) is 118 Å². The van der Waals surface area contributed by atoms with E-state index in [0.717, 1.165) is 0 Å². The van der Waals surface area contributed by atoms with Crippen LogP contribution < -0.4 is 10.1 Å². The third-order valence-corrected chi connectivity index (χ3v) is 5.40. The molecule has 36 heavy (non-hydrogen) atoms. The Morgan fingerprint density at radius 1 is 1.08 bits per heavy atom. The number of likely N-dealkylation sites (tertiary alicyclic amines) is 1. The second-order valence-electron chi connectivity index (χ2n) is 9.54. The van der Waals surface area contributed by atoms with E-state index in [9.17, 15) is 14.4 Å². The molecule has 0 aliphatic carbocycles. The van der Waals surface area contributed by atoms with Gasteiger partial charge in [0.15, 0.2) is 6.10 Å². The van der Waals surface area contributed by atoms with Crippen LogP contribution in [0.5, 0.6) is 5.75 Å². The summed E-state index contributed by atoms with van der Waals surface area (Å²) in [6.07, 6.45) is -0.369. The molecule has 0 radical (unpaired) electrons. The van der Waals surface area contributed by atoms with Crippen LogP contribution in [0.3, 0.4) is 0 Å². The van der Waals surface area contributed by atoms with Crippen LogP contribution in [0.4, 0.5) is 10.5 Å². The summed E-state index contributed by atoms with van der Waals surface area (Å²) in [5.41, 5.74) is 0.751. The molecule has 2 aromatic rings. The monoisotopic (exact) mass is 493 g/mol. The second kappa shape index (κ2) is 11.6. The maximum atomic E-state index is 12.6. The van der Waals surface area contributed by atoms with Crippen LogP contribution in [0.25, 0.3) is 0 Å². The molecule has 1 N–H and O–H groups in total. The zero-order valence-corrected chi connectivity index (χ0v) is 20.9. The molecular formula is C27H31N3O6. The van der Waals surface area contributed by atoms with E-state index >= 15 is 0 Å². The highest BCUT2D eigenvalue weighted by molar-refractivity contribution is 5.95. The number of hydrogen-bond acceptors (Lipinski definition) is 7. The number of rotatable bonds is 6. The minimum Gasteiger partial charge on any atom is -0.481 e. The standard InChI is InChI=1S/C27H31N3O6/c1-18(34-23-7-5-6-19(16-23)17-28)24(31)29-21-10-8-20(9-11-21)25(32)35-22-12-14-30(15-13-22)26(33)36-27(2,3)4/h5-11,16,18,22H,12-15H2,1-4H3,(H,29,31). The number of esters is 1. The van der Waals surface area contributed by atoms with Gasteiger partial charge in [0.25, 0.3) is 5.91 Å². The number of hydrogen-bond donors (Lipinski definition) is 1. The van der Waals surface area contributed by atoms with E-state index < -0.39 is 17.7 Å². The molecule has 2 aromatic carbocycles. The van der Waals surface area contributed by atoms with Crippen molar-refractivity contribution in [2.75, 3.05) is 18.4 Å². The molecule has 1 fully saturated rings. The van der Waals surface area contributed by atoms with E-state index in [-0.39, 0.29) is 18.1 Å². The summed E-state index contributed by atoms with van der Waals surface area (Å²) in [4.78, 5) is 38.8. The number of piperidine rings is 1. The van der Waals surface area contributed by atoms with Crippen LogP contribution in [-0.2, 0) is 14.3 Å². The molecule has 0 spiro atoms. The number of anilines is 1. The summed E-state index contributed by atoms with van der Waals surface area (Å²) in [5, 5.41) is 11.7. The van der Waals surface area contributed by atoms with Gasteiger partial charge in [0.1, 0.15) is 17.5 Å². The predicted molar refractivity (Wildman–Crippen MR) is 133 cm³/mol. The van der Waals surface area contributed by atoms with Gasteiger partial charge >= 0.3 is 12.1 Å². The van der Waals surface area contributed by atoms with Gasteiger partial charge in [-0.25, -0.2) is 9.59 Å². The SMILES string of the molecule is CC(Oc1cccc(C#N)c1)C(=O)Nc1ccc(C(=O)OC2CCN(C(=O)OC(C)(C)C)CC2)cc1. The fraction of sp³-hybridized carbons (Fsp3) is 0.407. The van der Waals surface area contributed by atoms with Crippen molar-refractivity contribution < 1.29 is 28.6 Å². The van der Waals surface area contributed by atoms with Gasteiger partial charge in [0.2, 0.25) is 0 Å². The molecule has 1 atom stereocenters.